The fourth-order valence-corrected chi connectivity index (χ4v) is 1.01. The van der Waals surface area contributed by atoms with Gasteiger partial charge in [-0.15, -0.1) is 6.58 Å². The molecule has 0 fully saturated rings. The zero-order chi connectivity index (χ0) is 8.10. The molecule has 0 atom stereocenters. The normalized spacial score (nSPS) is 9.09. The first-order chi connectivity index (χ1) is 5.36. The molecular formula is C11H12. The fraction of sp³-hybridized carbons (Fsp3) is 0.0909. The summed E-state index contributed by atoms with van der Waals surface area (Å²) in [7, 11) is 0. The Morgan fingerprint density at radius 2 is 2.09 bits per heavy atom. The van der Waals surface area contributed by atoms with E-state index in [1.807, 2.05) is 24.3 Å². The van der Waals surface area contributed by atoms with Crippen molar-refractivity contribution in [1.29, 1.82) is 0 Å². The van der Waals surface area contributed by atoms with E-state index < -0.39 is 0 Å². The van der Waals surface area contributed by atoms with E-state index in [2.05, 4.69) is 25.3 Å². The Morgan fingerprint density at radius 3 is 2.73 bits per heavy atom. The van der Waals surface area contributed by atoms with Crippen LogP contribution in [0.4, 0.5) is 0 Å². The first-order valence-electron chi connectivity index (χ1n) is 3.69. The molecule has 0 aromatic heterocycles. The van der Waals surface area contributed by atoms with Crippen molar-refractivity contribution in [3.8, 4) is 0 Å². The molecule has 0 heterocycles. The van der Waals surface area contributed by atoms with Gasteiger partial charge in [-0.2, -0.15) is 0 Å². The lowest BCUT2D eigenvalue weighted by atomic mass is 10.1. The van der Waals surface area contributed by atoms with Gasteiger partial charge in [-0.25, -0.2) is 0 Å². The molecule has 1 aromatic carbocycles. The maximum absolute atomic E-state index is 3.71. The molecule has 0 aliphatic carbocycles. The number of rotatable bonds is 3. The van der Waals surface area contributed by atoms with Crippen LogP contribution in [0, 0.1) is 0 Å². The lowest BCUT2D eigenvalue weighted by Crippen LogP contribution is -1.80. The van der Waals surface area contributed by atoms with E-state index in [1.54, 1.807) is 0 Å². The summed E-state index contributed by atoms with van der Waals surface area (Å²) >= 11 is 0. The van der Waals surface area contributed by atoms with Crippen LogP contribution >= 0.6 is 0 Å². The summed E-state index contributed by atoms with van der Waals surface area (Å²) in [5.41, 5.74) is 2.46. The van der Waals surface area contributed by atoms with Gasteiger partial charge in [0.2, 0.25) is 0 Å². The maximum Gasteiger partial charge on any atom is -0.00999 e. The third-order valence-corrected chi connectivity index (χ3v) is 1.57. The molecule has 11 heavy (non-hydrogen) atoms. The summed E-state index contributed by atoms with van der Waals surface area (Å²) in [6.07, 6.45) is 4.69. The van der Waals surface area contributed by atoms with Gasteiger partial charge in [0.05, 0.1) is 0 Å². The number of allylic oxidation sites excluding steroid dienone is 1. The van der Waals surface area contributed by atoms with Gasteiger partial charge < -0.3 is 0 Å². The molecule has 0 N–H and O–H groups in total. The largest absolute Gasteiger partial charge is 0.103 e. The highest BCUT2D eigenvalue weighted by Crippen LogP contribution is 2.06. The van der Waals surface area contributed by atoms with E-state index >= 15 is 0 Å². The van der Waals surface area contributed by atoms with Gasteiger partial charge >= 0.3 is 0 Å². The Bertz CT molecular complexity index is 258. The van der Waals surface area contributed by atoms with E-state index in [4.69, 9.17) is 0 Å². The molecule has 1 aromatic rings. The van der Waals surface area contributed by atoms with Crippen LogP contribution in [0.5, 0.6) is 0 Å². The highest BCUT2D eigenvalue weighted by atomic mass is 13.9. The molecule has 0 saturated carbocycles. The zero-order valence-corrected chi connectivity index (χ0v) is 6.59. The van der Waals surface area contributed by atoms with E-state index in [-0.39, 0.29) is 0 Å². The van der Waals surface area contributed by atoms with Crippen molar-refractivity contribution in [2.45, 2.75) is 6.42 Å². The second-order valence-electron chi connectivity index (χ2n) is 2.44. The second kappa shape index (κ2) is 3.77. The highest BCUT2D eigenvalue weighted by Gasteiger charge is 1.88. The summed E-state index contributed by atoms with van der Waals surface area (Å²) in [5.74, 6) is 0. The fourth-order valence-electron chi connectivity index (χ4n) is 1.01. The maximum atomic E-state index is 3.71. The monoisotopic (exact) mass is 144 g/mol. The molecule has 0 unspecified atom stereocenters. The molecular weight excluding hydrogens is 132 g/mol. The van der Waals surface area contributed by atoms with Crippen LogP contribution in [0.15, 0.2) is 43.5 Å². The van der Waals surface area contributed by atoms with Crippen molar-refractivity contribution in [3.63, 3.8) is 0 Å². The molecule has 0 aliphatic heterocycles. The van der Waals surface area contributed by atoms with E-state index in [9.17, 15) is 0 Å². The third kappa shape index (κ3) is 2.08. The van der Waals surface area contributed by atoms with Gasteiger partial charge in [0.15, 0.2) is 0 Å². The van der Waals surface area contributed by atoms with E-state index in [1.165, 1.54) is 11.1 Å². The minimum atomic E-state index is 0.932. The van der Waals surface area contributed by atoms with Crippen LogP contribution in [0.25, 0.3) is 6.08 Å². The molecule has 1 rings (SSSR count). The summed E-state index contributed by atoms with van der Waals surface area (Å²) in [4.78, 5) is 0. The Balaban J connectivity index is 2.90. The number of hydrogen-bond donors (Lipinski definition) is 0. The molecule has 0 amide bonds. The summed E-state index contributed by atoms with van der Waals surface area (Å²) in [5, 5.41) is 0. The molecule has 0 nitrogen and oxygen atoms in total. The smallest absolute Gasteiger partial charge is 0.00999 e. The van der Waals surface area contributed by atoms with Gasteiger partial charge in [0.25, 0.3) is 0 Å². The van der Waals surface area contributed by atoms with Crippen molar-refractivity contribution >= 4 is 6.08 Å². The quantitative estimate of drug-likeness (QED) is 0.572. The van der Waals surface area contributed by atoms with Gasteiger partial charge in [0.1, 0.15) is 0 Å². The molecule has 0 aliphatic rings. The predicted molar refractivity (Wildman–Crippen MR) is 50.4 cm³/mol. The van der Waals surface area contributed by atoms with Gasteiger partial charge in [-0.1, -0.05) is 43.0 Å². The van der Waals surface area contributed by atoms with Crippen molar-refractivity contribution in [2.75, 3.05) is 0 Å². The lowest BCUT2D eigenvalue weighted by Gasteiger charge is -1.97. The van der Waals surface area contributed by atoms with Crippen LogP contribution in [0.3, 0.4) is 0 Å². The van der Waals surface area contributed by atoms with Crippen LogP contribution in [0.2, 0.25) is 0 Å². The zero-order valence-electron chi connectivity index (χ0n) is 6.59. The predicted octanol–water partition coefficient (Wildman–Crippen LogP) is 3.06. The lowest BCUT2D eigenvalue weighted by molar-refractivity contribution is 1.27. The first-order valence-corrected chi connectivity index (χ1v) is 3.69. The topological polar surface area (TPSA) is 0 Å². The number of benzene rings is 1. The van der Waals surface area contributed by atoms with Gasteiger partial charge in [-0.3, -0.25) is 0 Å². The molecule has 0 heteroatoms. The van der Waals surface area contributed by atoms with E-state index in [0.717, 1.165) is 6.42 Å². The molecule has 0 saturated heterocycles. The van der Waals surface area contributed by atoms with Crippen LogP contribution in [-0.4, -0.2) is 0 Å². The summed E-state index contributed by atoms with van der Waals surface area (Å²) < 4.78 is 0. The van der Waals surface area contributed by atoms with Crippen LogP contribution < -0.4 is 0 Å². The highest BCUT2D eigenvalue weighted by molar-refractivity contribution is 5.48. The molecule has 0 spiro atoms. The van der Waals surface area contributed by atoms with Crippen molar-refractivity contribution < 1.29 is 0 Å². The molecule has 0 bridgehead atoms. The Labute approximate surface area is 67.9 Å². The Kier molecular flexibility index (Phi) is 2.67. The Morgan fingerprint density at radius 1 is 1.27 bits per heavy atom. The minimum absolute atomic E-state index is 0.932. The SMILES string of the molecule is C=CCc1cccc(C=C)c1. The average Bonchev–Trinajstić information content (AvgIpc) is 2.06. The Hall–Kier alpha value is -1.30. The second-order valence-corrected chi connectivity index (χ2v) is 2.44. The van der Waals surface area contributed by atoms with Crippen LogP contribution in [-0.2, 0) is 6.42 Å². The standard InChI is InChI=1S/C11H12/c1-3-6-11-8-5-7-10(4-2)9-11/h3-5,7-9H,1-2,6H2. The summed E-state index contributed by atoms with van der Waals surface area (Å²) in [6.45, 7) is 7.39. The third-order valence-electron chi connectivity index (χ3n) is 1.57. The van der Waals surface area contributed by atoms with Gasteiger partial charge in [-0.05, 0) is 17.5 Å². The van der Waals surface area contributed by atoms with Gasteiger partial charge in [0, 0.05) is 0 Å². The minimum Gasteiger partial charge on any atom is -0.103 e. The average molecular weight is 144 g/mol. The van der Waals surface area contributed by atoms with Crippen LogP contribution in [0.1, 0.15) is 11.1 Å². The molecule has 56 valence electrons. The summed E-state index contributed by atoms with van der Waals surface area (Å²) in [6, 6.07) is 8.29. The van der Waals surface area contributed by atoms with E-state index in [0.29, 0.717) is 0 Å². The van der Waals surface area contributed by atoms with Crippen molar-refractivity contribution in [2.24, 2.45) is 0 Å². The van der Waals surface area contributed by atoms with Crippen molar-refractivity contribution in [3.05, 3.63) is 54.6 Å². The van der Waals surface area contributed by atoms with Crippen molar-refractivity contribution in [1.82, 2.24) is 0 Å². The molecule has 0 radical (unpaired) electrons. The number of hydrogen-bond acceptors (Lipinski definition) is 0. The first kappa shape index (κ1) is 7.80.